The number of anilines is 1. The van der Waals surface area contributed by atoms with Crippen molar-refractivity contribution in [1.29, 1.82) is 0 Å². The number of aryl methyl sites for hydroxylation is 3. The molecule has 0 radical (unpaired) electrons. The van der Waals surface area contributed by atoms with Gasteiger partial charge in [0.05, 0.1) is 17.2 Å². The summed E-state index contributed by atoms with van der Waals surface area (Å²) in [7, 11) is -1.54. The van der Waals surface area contributed by atoms with Gasteiger partial charge in [-0.25, -0.2) is 9.19 Å². The van der Waals surface area contributed by atoms with Gasteiger partial charge in [-0.1, -0.05) is 51.1 Å². The molecule has 1 amide bonds. The highest BCUT2D eigenvalue weighted by atomic mass is 32.2. The Balaban J connectivity index is 1.36. The number of nitrogens with zero attached hydrogens (tertiary/aromatic N) is 3. The van der Waals surface area contributed by atoms with E-state index in [0.717, 1.165) is 80.4 Å². The first-order valence-corrected chi connectivity index (χ1v) is 18.3. The molecule has 252 valence electrons. The summed E-state index contributed by atoms with van der Waals surface area (Å²) in [5, 5.41) is 9.53. The molecule has 47 heavy (non-hydrogen) atoms. The second-order valence-corrected chi connectivity index (χ2v) is 16.7. The van der Waals surface area contributed by atoms with Crippen molar-refractivity contribution in [1.82, 2.24) is 14.9 Å². The van der Waals surface area contributed by atoms with Gasteiger partial charge in [-0.05, 0) is 116 Å². The predicted molar refractivity (Wildman–Crippen MR) is 186 cm³/mol. The number of hydrogen-bond acceptors (Lipinski definition) is 6. The SMILES string of the molecule is Cc1cccc(C)c1-c1cc2nc(n1)NS(=O)c1cccc(c1)CCC(C1CC3(CCCN(C(=O)CO)C3)C1)[C@H](CC(C)(C)C)CO2. The number of piperidine rings is 1. The van der Waals surface area contributed by atoms with E-state index >= 15 is 0 Å². The van der Waals surface area contributed by atoms with Crippen LogP contribution in [0.5, 0.6) is 5.88 Å². The van der Waals surface area contributed by atoms with E-state index in [2.05, 4.69) is 63.6 Å². The van der Waals surface area contributed by atoms with Gasteiger partial charge < -0.3 is 14.7 Å². The molecule has 6 rings (SSSR count). The van der Waals surface area contributed by atoms with Gasteiger partial charge in [0.25, 0.3) is 0 Å². The Kier molecular flexibility index (Phi) is 9.77. The van der Waals surface area contributed by atoms with Crippen molar-refractivity contribution in [3.8, 4) is 17.1 Å². The summed E-state index contributed by atoms with van der Waals surface area (Å²) in [6.07, 6.45) is 7.24. The third kappa shape index (κ3) is 7.72. The zero-order valence-corrected chi connectivity index (χ0v) is 29.4. The molecule has 1 spiro atoms. The molecule has 9 heteroatoms. The molecule has 2 aromatic carbocycles. The molecular weight excluding hydrogens is 609 g/mol. The van der Waals surface area contributed by atoms with Crippen molar-refractivity contribution in [3.05, 3.63) is 65.2 Å². The zero-order valence-electron chi connectivity index (χ0n) is 28.6. The Bertz CT molecular complexity index is 1610. The lowest BCUT2D eigenvalue weighted by atomic mass is 9.52. The third-order valence-corrected chi connectivity index (χ3v) is 11.6. The maximum Gasteiger partial charge on any atom is 0.248 e. The zero-order chi connectivity index (χ0) is 33.3. The smallest absolute Gasteiger partial charge is 0.248 e. The summed E-state index contributed by atoms with van der Waals surface area (Å²) in [4.78, 5) is 24.6. The summed E-state index contributed by atoms with van der Waals surface area (Å²) in [6, 6.07) is 16.2. The first kappa shape index (κ1) is 33.6. The Morgan fingerprint density at radius 3 is 2.57 bits per heavy atom. The van der Waals surface area contributed by atoms with E-state index < -0.39 is 17.6 Å². The average molecular weight is 659 g/mol. The van der Waals surface area contributed by atoms with Crippen LogP contribution in [-0.4, -0.2) is 56.4 Å². The van der Waals surface area contributed by atoms with Crippen LogP contribution in [0.25, 0.3) is 11.3 Å². The first-order chi connectivity index (χ1) is 22.4. The summed E-state index contributed by atoms with van der Waals surface area (Å²) in [5.41, 5.74) is 5.41. The summed E-state index contributed by atoms with van der Waals surface area (Å²) in [5.74, 6) is 1.85. The number of aliphatic hydroxyl groups is 1. The maximum atomic E-state index is 13.6. The molecule has 2 N–H and O–H groups in total. The van der Waals surface area contributed by atoms with E-state index in [1.165, 1.54) is 5.56 Å². The quantitative estimate of drug-likeness (QED) is 0.316. The fourth-order valence-electron chi connectivity index (χ4n) is 8.56. The van der Waals surface area contributed by atoms with Crippen molar-refractivity contribution >= 4 is 22.8 Å². The highest BCUT2D eigenvalue weighted by molar-refractivity contribution is 7.86. The second kappa shape index (κ2) is 13.7. The standard InChI is InChI=1S/C38H50N4O4S/c1-25-9-6-10-26(2)35(25)32-18-33-40-36(39-32)41-47(45)30-12-7-11-27(17-30)13-14-31(29(23-46-33)19-37(3,4)5)28-20-38(21-28)15-8-16-42(24-38)34(44)22-43/h6-7,9-12,17-18,28-29,31,43H,8,13-16,19-24H2,1-5H3,(H,39,40,41)/t28?,29-,31?,38?,47?/m1/s1. The molecule has 3 aromatic rings. The lowest BCUT2D eigenvalue weighted by Crippen LogP contribution is -2.54. The molecule has 1 saturated heterocycles. The number of aromatic nitrogens is 2. The van der Waals surface area contributed by atoms with Gasteiger partial charge in [-0.15, -0.1) is 0 Å². The number of rotatable bonds is 4. The molecule has 8 nitrogen and oxygen atoms in total. The minimum Gasteiger partial charge on any atom is -0.477 e. The van der Waals surface area contributed by atoms with Crippen LogP contribution in [0.15, 0.2) is 53.4 Å². The molecule has 2 unspecified atom stereocenters. The van der Waals surface area contributed by atoms with Crippen LogP contribution in [0.3, 0.4) is 0 Å². The number of likely N-dealkylation sites (tertiary alicyclic amines) is 1. The average Bonchev–Trinajstić information content (AvgIpc) is 3.01. The van der Waals surface area contributed by atoms with E-state index in [9.17, 15) is 14.1 Å². The fraction of sp³-hybridized carbons (Fsp3) is 0.553. The molecule has 3 aliphatic rings. The molecule has 3 atom stereocenters. The minimum absolute atomic E-state index is 0.104. The van der Waals surface area contributed by atoms with Crippen molar-refractivity contribution in [3.63, 3.8) is 0 Å². The van der Waals surface area contributed by atoms with Crippen LogP contribution in [-0.2, 0) is 22.2 Å². The number of fused-ring (bicyclic) bond motifs is 4. The predicted octanol–water partition coefficient (Wildman–Crippen LogP) is 6.90. The fourth-order valence-corrected chi connectivity index (χ4v) is 9.40. The van der Waals surface area contributed by atoms with Crippen molar-refractivity contribution in [2.45, 2.75) is 84.5 Å². The van der Waals surface area contributed by atoms with E-state index in [1.54, 1.807) is 0 Å². The maximum absolute atomic E-state index is 13.6. The van der Waals surface area contributed by atoms with Gasteiger partial charge in [-0.3, -0.25) is 9.52 Å². The number of ether oxygens (including phenoxy) is 1. The van der Waals surface area contributed by atoms with Crippen LogP contribution >= 0.6 is 0 Å². The molecule has 2 aliphatic heterocycles. The normalized spacial score (nSPS) is 26.5. The van der Waals surface area contributed by atoms with Crippen LogP contribution in [0.2, 0.25) is 0 Å². The second-order valence-electron chi connectivity index (χ2n) is 15.5. The third-order valence-electron chi connectivity index (χ3n) is 10.6. The lowest BCUT2D eigenvalue weighted by molar-refractivity contribution is -0.142. The summed E-state index contributed by atoms with van der Waals surface area (Å²) in [6.45, 7) is 12.7. The van der Waals surface area contributed by atoms with E-state index in [4.69, 9.17) is 14.7 Å². The molecule has 1 aromatic heterocycles. The van der Waals surface area contributed by atoms with Crippen molar-refractivity contribution < 1.29 is 18.8 Å². The Labute approximate surface area is 282 Å². The van der Waals surface area contributed by atoms with Crippen molar-refractivity contribution in [2.75, 3.05) is 31.0 Å². The monoisotopic (exact) mass is 658 g/mol. The lowest BCUT2D eigenvalue weighted by Gasteiger charge is -2.56. The number of aliphatic hydroxyl groups excluding tert-OH is 1. The molecular formula is C38H50N4O4S. The Morgan fingerprint density at radius 1 is 1.11 bits per heavy atom. The first-order valence-electron chi connectivity index (χ1n) is 17.2. The van der Waals surface area contributed by atoms with Gasteiger partial charge in [0.15, 0.2) is 11.0 Å². The Morgan fingerprint density at radius 2 is 1.85 bits per heavy atom. The van der Waals surface area contributed by atoms with E-state index in [-0.39, 0.29) is 22.7 Å². The van der Waals surface area contributed by atoms with E-state index in [1.807, 2.05) is 29.2 Å². The van der Waals surface area contributed by atoms with Gasteiger partial charge in [0.1, 0.15) is 6.61 Å². The number of benzene rings is 2. The highest BCUT2D eigenvalue weighted by Gasteiger charge is 2.51. The number of carbonyl (C=O) groups excluding carboxylic acids is 1. The van der Waals surface area contributed by atoms with Gasteiger partial charge in [0, 0.05) is 24.7 Å². The van der Waals surface area contributed by atoms with Crippen LogP contribution in [0.4, 0.5) is 5.95 Å². The van der Waals surface area contributed by atoms with Crippen LogP contribution < -0.4 is 9.46 Å². The number of amides is 1. The van der Waals surface area contributed by atoms with Crippen LogP contribution in [0, 0.1) is 42.4 Å². The molecule has 2 fully saturated rings. The molecule has 1 saturated carbocycles. The van der Waals surface area contributed by atoms with Gasteiger partial charge >= 0.3 is 0 Å². The molecule has 4 bridgehead atoms. The number of hydrogen-bond donors (Lipinski definition) is 2. The largest absolute Gasteiger partial charge is 0.477 e. The summed E-state index contributed by atoms with van der Waals surface area (Å²) < 4.78 is 23.3. The Hall–Kier alpha value is -3.30. The molecule has 3 heterocycles. The van der Waals surface area contributed by atoms with Gasteiger partial charge in [0.2, 0.25) is 17.7 Å². The minimum atomic E-state index is -1.54. The van der Waals surface area contributed by atoms with E-state index in [0.29, 0.717) is 35.1 Å². The summed E-state index contributed by atoms with van der Waals surface area (Å²) >= 11 is 0. The number of nitrogens with one attached hydrogen (secondary N) is 1. The molecule has 1 aliphatic carbocycles. The number of carbonyl (C=O) groups is 1. The highest BCUT2D eigenvalue weighted by Crippen LogP contribution is 2.56. The topological polar surface area (TPSA) is 105 Å². The van der Waals surface area contributed by atoms with Crippen molar-refractivity contribution in [2.24, 2.45) is 28.6 Å². The van der Waals surface area contributed by atoms with Gasteiger partial charge in [-0.2, -0.15) is 4.98 Å². The van der Waals surface area contributed by atoms with Crippen LogP contribution in [0.1, 0.15) is 76.0 Å².